The molecule has 0 fully saturated rings. The summed E-state index contributed by atoms with van der Waals surface area (Å²) in [6, 6.07) is 12.8. The molecule has 2 rings (SSSR count). The van der Waals surface area contributed by atoms with Crippen LogP contribution in [0.15, 0.2) is 42.5 Å². The highest BCUT2D eigenvalue weighted by molar-refractivity contribution is 5.92. The normalized spacial score (nSPS) is 10.2. The Labute approximate surface area is 124 Å². The maximum atomic E-state index is 12.0. The zero-order valence-corrected chi connectivity index (χ0v) is 12.2. The first-order chi connectivity index (χ1) is 10.1. The van der Waals surface area contributed by atoms with Gasteiger partial charge in [-0.05, 0) is 42.7 Å². The molecular formula is C17H19NO3. The molecule has 0 saturated heterocycles. The van der Waals surface area contributed by atoms with Gasteiger partial charge in [-0.15, -0.1) is 0 Å². The number of amides is 1. The molecule has 0 atom stereocenters. The Bertz CT molecular complexity index is 638. The van der Waals surface area contributed by atoms with E-state index in [9.17, 15) is 9.90 Å². The highest BCUT2D eigenvalue weighted by Gasteiger charge is 2.08. The van der Waals surface area contributed by atoms with Gasteiger partial charge in [-0.2, -0.15) is 0 Å². The molecule has 0 aliphatic rings. The van der Waals surface area contributed by atoms with Crippen LogP contribution in [-0.2, 0) is 11.2 Å². The average molecular weight is 285 g/mol. The third-order valence-corrected chi connectivity index (χ3v) is 3.24. The van der Waals surface area contributed by atoms with Gasteiger partial charge in [0.25, 0.3) is 0 Å². The van der Waals surface area contributed by atoms with Crippen molar-refractivity contribution in [3.63, 3.8) is 0 Å². The number of benzene rings is 2. The Hall–Kier alpha value is -2.49. The van der Waals surface area contributed by atoms with Crippen molar-refractivity contribution >= 4 is 11.6 Å². The van der Waals surface area contributed by atoms with E-state index in [1.165, 1.54) is 0 Å². The quantitative estimate of drug-likeness (QED) is 0.829. The van der Waals surface area contributed by atoms with Crippen LogP contribution in [0, 0.1) is 6.92 Å². The van der Waals surface area contributed by atoms with Crippen molar-refractivity contribution in [1.82, 2.24) is 0 Å². The van der Waals surface area contributed by atoms with E-state index < -0.39 is 0 Å². The third kappa shape index (κ3) is 3.99. The minimum absolute atomic E-state index is 0.0839. The summed E-state index contributed by atoms with van der Waals surface area (Å²) >= 11 is 0. The van der Waals surface area contributed by atoms with Crippen molar-refractivity contribution in [3.8, 4) is 11.5 Å². The Balaban J connectivity index is 1.96. The van der Waals surface area contributed by atoms with Crippen LogP contribution in [0.25, 0.3) is 0 Å². The SMILES string of the molecule is COc1ccccc1CCC(=O)Nc1ccc(C)cc1O. The van der Waals surface area contributed by atoms with Crippen LogP contribution < -0.4 is 10.1 Å². The van der Waals surface area contributed by atoms with Crippen molar-refractivity contribution in [2.75, 3.05) is 12.4 Å². The first-order valence-electron chi connectivity index (χ1n) is 6.81. The van der Waals surface area contributed by atoms with E-state index in [0.717, 1.165) is 16.9 Å². The number of aromatic hydroxyl groups is 1. The molecule has 0 bridgehead atoms. The first kappa shape index (κ1) is 14.9. The molecule has 110 valence electrons. The molecule has 2 aromatic carbocycles. The topological polar surface area (TPSA) is 58.6 Å². The number of phenolic OH excluding ortho intramolecular Hbond substituents is 1. The van der Waals surface area contributed by atoms with Crippen LogP contribution in [0.3, 0.4) is 0 Å². The molecule has 4 nitrogen and oxygen atoms in total. The number of nitrogens with one attached hydrogen (secondary N) is 1. The van der Waals surface area contributed by atoms with E-state index in [2.05, 4.69) is 5.32 Å². The molecule has 0 aliphatic carbocycles. The van der Waals surface area contributed by atoms with Crippen LogP contribution in [0.5, 0.6) is 11.5 Å². The molecule has 0 unspecified atom stereocenters. The number of hydrogen-bond acceptors (Lipinski definition) is 3. The van der Waals surface area contributed by atoms with Crippen molar-refractivity contribution in [3.05, 3.63) is 53.6 Å². The number of carbonyl (C=O) groups excluding carboxylic acids is 1. The van der Waals surface area contributed by atoms with Crippen LogP contribution in [-0.4, -0.2) is 18.1 Å². The number of hydrogen-bond donors (Lipinski definition) is 2. The fraction of sp³-hybridized carbons (Fsp3) is 0.235. The molecule has 0 saturated carbocycles. The summed E-state index contributed by atoms with van der Waals surface area (Å²) in [5, 5.41) is 12.5. The number of carbonyl (C=O) groups is 1. The van der Waals surface area contributed by atoms with Gasteiger partial charge in [0.15, 0.2) is 0 Å². The number of phenols is 1. The maximum Gasteiger partial charge on any atom is 0.224 e. The average Bonchev–Trinajstić information content (AvgIpc) is 2.48. The number of ether oxygens (including phenoxy) is 1. The zero-order chi connectivity index (χ0) is 15.2. The van der Waals surface area contributed by atoms with Crippen molar-refractivity contribution in [2.45, 2.75) is 19.8 Å². The zero-order valence-electron chi connectivity index (χ0n) is 12.2. The molecule has 2 N–H and O–H groups in total. The highest BCUT2D eigenvalue weighted by atomic mass is 16.5. The van der Waals surface area contributed by atoms with E-state index in [1.807, 2.05) is 37.3 Å². The van der Waals surface area contributed by atoms with Gasteiger partial charge in [0.2, 0.25) is 5.91 Å². The lowest BCUT2D eigenvalue weighted by atomic mass is 10.1. The van der Waals surface area contributed by atoms with Gasteiger partial charge in [0.05, 0.1) is 12.8 Å². The van der Waals surface area contributed by atoms with Crippen molar-refractivity contribution in [2.24, 2.45) is 0 Å². The molecular weight excluding hydrogens is 266 g/mol. The largest absolute Gasteiger partial charge is 0.506 e. The fourth-order valence-corrected chi connectivity index (χ4v) is 2.12. The Kier molecular flexibility index (Phi) is 4.82. The third-order valence-electron chi connectivity index (χ3n) is 3.24. The van der Waals surface area contributed by atoms with Crippen LogP contribution in [0.2, 0.25) is 0 Å². The van der Waals surface area contributed by atoms with Crippen LogP contribution >= 0.6 is 0 Å². The molecule has 0 radical (unpaired) electrons. The van der Waals surface area contributed by atoms with Crippen molar-refractivity contribution in [1.29, 1.82) is 0 Å². The van der Waals surface area contributed by atoms with Gasteiger partial charge in [-0.1, -0.05) is 24.3 Å². The van der Waals surface area contributed by atoms with Gasteiger partial charge in [0.1, 0.15) is 11.5 Å². The van der Waals surface area contributed by atoms with E-state index in [0.29, 0.717) is 18.5 Å². The Morgan fingerprint density at radius 1 is 1.24 bits per heavy atom. The second-order valence-electron chi connectivity index (χ2n) is 4.88. The molecule has 1 amide bonds. The second-order valence-corrected chi connectivity index (χ2v) is 4.88. The van der Waals surface area contributed by atoms with Crippen LogP contribution in [0.4, 0.5) is 5.69 Å². The fourth-order valence-electron chi connectivity index (χ4n) is 2.12. The minimum atomic E-state index is -0.139. The molecule has 0 heterocycles. The van der Waals surface area contributed by atoms with E-state index in [1.54, 1.807) is 19.2 Å². The maximum absolute atomic E-state index is 12.0. The molecule has 2 aromatic rings. The predicted octanol–water partition coefficient (Wildman–Crippen LogP) is 3.28. The molecule has 4 heteroatoms. The summed E-state index contributed by atoms with van der Waals surface area (Å²) in [7, 11) is 1.61. The number of methoxy groups -OCH3 is 1. The summed E-state index contributed by atoms with van der Waals surface area (Å²) in [4.78, 5) is 12.0. The molecule has 21 heavy (non-hydrogen) atoms. The first-order valence-corrected chi connectivity index (χ1v) is 6.81. The second kappa shape index (κ2) is 6.79. The summed E-state index contributed by atoms with van der Waals surface area (Å²) in [6.45, 7) is 1.88. The molecule has 0 aliphatic heterocycles. The van der Waals surface area contributed by atoms with E-state index >= 15 is 0 Å². The van der Waals surface area contributed by atoms with E-state index in [-0.39, 0.29) is 11.7 Å². The van der Waals surface area contributed by atoms with Gasteiger partial charge < -0.3 is 15.2 Å². The summed E-state index contributed by atoms with van der Waals surface area (Å²) in [6.07, 6.45) is 0.913. The number of rotatable bonds is 5. The highest BCUT2D eigenvalue weighted by Crippen LogP contribution is 2.24. The Morgan fingerprint density at radius 3 is 2.71 bits per heavy atom. The Morgan fingerprint density at radius 2 is 2.00 bits per heavy atom. The summed E-state index contributed by atoms with van der Waals surface area (Å²) in [5.74, 6) is 0.726. The predicted molar refractivity (Wildman–Crippen MR) is 82.8 cm³/mol. The van der Waals surface area contributed by atoms with E-state index in [4.69, 9.17) is 4.74 Å². The summed E-state index contributed by atoms with van der Waals surface area (Å²) < 4.78 is 5.26. The van der Waals surface area contributed by atoms with Gasteiger partial charge >= 0.3 is 0 Å². The number of aryl methyl sites for hydroxylation is 2. The van der Waals surface area contributed by atoms with Gasteiger partial charge in [-0.25, -0.2) is 0 Å². The monoisotopic (exact) mass is 285 g/mol. The molecule has 0 aromatic heterocycles. The molecule has 0 spiro atoms. The van der Waals surface area contributed by atoms with Crippen molar-refractivity contribution < 1.29 is 14.6 Å². The number of para-hydroxylation sites is 1. The minimum Gasteiger partial charge on any atom is -0.506 e. The smallest absolute Gasteiger partial charge is 0.224 e. The lowest BCUT2D eigenvalue weighted by molar-refractivity contribution is -0.116. The summed E-state index contributed by atoms with van der Waals surface area (Å²) in [5.41, 5.74) is 2.37. The van der Waals surface area contributed by atoms with Crippen LogP contribution in [0.1, 0.15) is 17.5 Å². The van der Waals surface area contributed by atoms with Gasteiger partial charge in [0, 0.05) is 6.42 Å². The lowest BCUT2D eigenvalue weighted by Gasteiger charge is -2.10. The lowest BCUT2D eigenvalue weighted by Crippen LogP contribution is -2.12. The standard InChI is InChI=1S/C17H19NO3/c1-12-7-9-14(15(19)11-12)18-17(20)10-8-13-5-3-4-6-16(13)21-2/h3-7,9,11,19H,8,10H2,1-2H3,(H,18,20). The van der Waals surface area contributed by atoms with Gasteiger partial charge in [-0.3, -0.25) is 4.79 Å². The number of anilines is 1.